The molecule has 12 nitrogen and oxygen atoms in total. The molecule has 0 radical (unpaired) electrons. The van der Waals surface area contributed by atoms with Crippen LogP contribution in [0.4, 0.5) is 0 Å². The number of carboxylic acid groups (broad SMARTS) is 2. The molecule has 0 bridgehead atoms. The summed E-state index contributed by atoms with van der Waals surface area (Å²) in [5, 5.41) is 33.4. The van der Waals surface area contributed by atoms with E-state index in [1.165, 1.54) is 6.92 Å². The maximum atomic E-state index is 12.5. The number of amides is 3. The molecule has 3 amide bonds. The van der Waals surface area contributed by atoms with Gasteiger partial charge in [-0.25, -0.2) is 0 Å². The molecular weight excluding hydrogens is 376 g/mol. The van der Waals surface area contributed by atoms with E-state index in [1.54, 1.807) is 13.8 Å². The summed E-state index contributed by atoms with van der Waals surface area (Å²) in [5.41, 5.74) is 5.40. The Morgan fingerprint density at radius 1 is 0.857 bits per heavy atom. The Hall–Kier alpha value is -2.73. The molecule has 28 heavy (non-hydrogen) atoms. The van der Waals surface area contributed by atoms with Gasteiger partial charge in [-0.3, -0.25) is 24.0 Å². The number of nitrogens with one attached hydrogen (secondary N) is 3. The first-order valence-corrected chi connectivity index (χ1v) is 8.61. The molecule has 0 aliphatic rings. The summed E-state index contributed by atoms with van der Waals surface area (Å²) in [7, 11) is 0. The summed E-state index contributed by atoms with van der Waals surface area (Å²) < 4.78 is 0. The fourth-order valence-electron chi connectivity index (χ4n) is 2.10. The number of rotatable bonds is 12. The number of nitrogens with two attached hydrogens (primary N) is 1. The van der Waals surface area contributed by atoms with Crippen molar-refractivity contribution in [3.8, 4) is 0 Å². The molecule has 0 aromatic carbocycles. The lowest BCUT2D eigenvalue weighted by Crippen LogP contribution is -2.57. The molecule has 4 atom stereocenters. The Morgan fingerprint density at radius 2 is 1.36 bits per heavy atom. The van der Waals surface area contributed by atoms with Gasteiger partial charge in [0.15, 0.2) is 0 Å². The third kappa shape index (κ3) is 9.28. The highest BCUT2D eigenvalue weighted by molar-refractivity contribution is 5.95. The number of aliphatic hydroxyl groups excluding tert-OH is 1. The van der Waals surface area contributed by atoms with E-state index in [-0.39, 0.29) is 12.3 Å². The Balaban J connectivity index is 5.32. The van der Waals surface area contributed by atoms with Crippen molar-refractivity contribution >= 4 is 29.7 Å². The Morgan fingerprint density at radius 3 is 1.79 bits per heavy atom. The van der Waals surface area contributed by atoms with Crippen molar-refractivity contribution in [1.29, 1.82) is 0 Å². The summed E-state index contributed by atoms with van der Waals surface area (Å²) in [4.78, 5) is 58.4. The topological polar surface area (TPSA) is 208 Å². The van der Waals surface area contributed by atoms with Crippen LogP contribution >= 0.6 is 0 Å². The van der Waals surface area contributed by atoms with Crippen LogP contribution in [-0.4, -0.2) is 75.8 Å². The highest BCUT2D eigenvalue weighted by atomic mass is 16.4. The molecule has 0 fully saturated rings. The lowest BCUT2D eigenvalue weighted by Gasteiger charge is -2.24. The first kappa shape index (κ1) is 25.3. The van der Waals surface area contributed by atoms with Gasteiger partial charge in [0, 0.05) is 0 Å². The van der Waals surface area contributed by atoms with E-state index in [2.05, 4.69) is 16.0 Å². The number of hydrogen-bond donors (Lipinski definition) is 7. The second-order valence-electron chi connectivity index (χ2n) is 6.71. The van der Waals surface area contributed by atoms with E-state index >= 15 is 0 Å². The lowest BCUT2D eigenvalue weighted by atomic mass is 10.0. The summed E-state index contributed by atoms with van der Waals surface area (Å²) in [5.74, 6) is -5.40. The maximum Gasteiger partial charge on any atom is 0.325 e. The first-order chi connectivity index (χ1) is 12.9. The largest absolute Gasteiger partial charge is 0.481 e. The average Bonchev–Trinajstić information content (AvgIpc) is 2.58. The molecule has 8 N–H and O–H groups in total. The molecule has 0 aliphatic carbocycles. The van der Waals surface area contributed by atoms with Crippen LogP contribution in [0.15, 0.2) is 0 Å². The zero-order chi connectivity index (χ0) is 22.0. The number of carbonyl (C=O) groups is 5. The fourth-order valence-corrected chi connectivity index (χ4v) is 2.10. The van der Waals surface area contributed by atoms with Crippen LogP contribution in [0.25, 0.3) is 0 Å². The van der Waals surface area contributed by atoms with Crippen LogP contribution in [-0.2, 0) is 24.0 Å². The van der Waals surface area contributed by atoms with Crippen molar-refractivity contribution in [3.05, 3.63) is 0 Å². The molecule has 0 saturated heterocycles. The predicted molar refractivity (Wildman–Crippen MR) is 95.9 cm³/mol. The quantitative estimate of drug-likeness (QED) is 0.181. The summed E-state index contributed by atoms with van der Waals surface area (Å²) in [6.45, 7) is 4.08. The summed E-state index contributed by atoms with van der Waals surface area (Å²) in [6.07, 6.45) is -0.634. The van der Waals surface area contributed by atoms with E-state index in [4.69, 9.17) is 21.1 Å². The van der Waals surface area contributed by atoms with Crippen molar-refractivity contribution in [2.75, 3.05) is 6.61 Å². The second-order valence-corrected chi connectivity index (χ2v) is 6.71. The minimum absolute atomic E-state index is 0.0554. The van der Waals surface area contributed by atoms with Gasteiger partial charge in [0.1, 0.15) is 24.2 Å². The van der Waals surface area contributed by atoms with Gasteiger partial charge in [-0.2, -0.15) is 0 Å². The van der Waals surface area contributed by atoms with Crippen LogP contribution < -0.4 is 21.7 Å². The van der Waals surface area contributed by atoms with Gasteiger partial charge < -0.3 is 37.0 Å². The second kappa shape index (κ2) is 11.9. The number of carboxylic acids is 2. The van der Waals surface area contributed by atoms with Gasteiger partial charge >= 0.3 is 11.9 Å². The average molecular weight is 404 g/mol. The van der Waals surface area contributed by atoms with Crippen molar-refractivity contribution in [2.24, 2.45) is 11.7 Å². The van der Waals surface area contributed by atoms with Gasteiger partial charge in [-0.1, -0.05) is 13.8 Å². The van der Waals surface area contributed by atoms with Crippen molar-refractivity contribution in [1.82, 2.24) is 16.0 Å². The standard InChI is InChI=1S/C16H28N4O8/c1-7(2)4-10(19-13(24)9(17)6-21)15(26)20-11(5-12(22)23)14(25)18-8(3)16(27)28/h7-11,21H,4-6,17H2,1-3H3,(H,18,25)(H,19,24)(H,20,26)(H,22,23)(H,27,28). The van der Waals surface area contributed by atoms with Gasteiger partial charge in [0.25, 0.3) is 0 Å². The third-order valence-corrected chi connectivity index (χ3v) is 3.61. The molecular formula is C16H28N4O8. The van der Waals surface area contributed by atoms with Gasteiger partial charge in [-0.05, 0) is 19.3 Å². The number of hydrogen-bond acceptors (Lipinski definition) is 7. The van der Waals surface area contributed by atoms with Gasteiger partial charge in [0.05, 0.1) is 13.0 Å². The fraction of sp³-hybridized carbons (Fsp3) is 0.688. The molecule has 4 unspecified atom stereocenters. The molecule has 12 heteroatoms. The minimum Gasteiger partial charge on any atom is -0.481 e. The lowest BCUT2D eigenvalue weighted by molar-refractivity contribution is -0.143. The smallest absolute Gasteiger partial charge is 0.325 e. The Bertz CT molecular complexity index is 595. The predicted octanol–water partition coefficient (Wildman–Crippen LogP) is -2.61. The molecule has 0 spiro atoms. The highest BCUT2D eigenvalue weighted by Gasteiger charge is 2.30. The van der Waals surface area contributed by atoms with Gasteiger partial charge in [0.2, 0.25) is 17.7 Å². The van der Waals surface area contributed by atoms with Crippen LogP contribution in [0.3, 0.4) is 0 Å². The maximum absolute atomic E-state index is 12.5. The van der Waals surface area contributed by atoms with Crippen LogP contribution in [0.2, 0.25) is 0 Å². The van der Waals surface area contributed by atoms with Crippen LogP contribution in [0.5, 0.6) is 0 Å². The molecule has 0 rings (SSSR count). The van der Waals surface area contributed by atoms with Crippen molar-refractivity contribution in [2.45, 2.75) is 57.8 Å². The minimum atomic E-state index is -1.55. The van der Waals surface area contributed by atoms with E-state index in [9.17, 15) is 24.0 Å². The first-order valence-electron chi connectivity index (χ1n) is 8.61. The SMILES string of the molecule is CC(C)CC(NC(=O)C(N)CO)C(=O)NC(CC(=O)O)C(=O)NC(C)C(=O)O. The molecule has 0 aromatic rings. The molecule has 0 heterocycles. The van der Waals surface area contributed by atoms with E-state index < -0.39 is 66.9 Å². The number of aliphatic carboxylic acids is 2. The third-order valence-electron chi connectivity index (χ3n) is 3.61. The normalized spacial score (nSPS) is 15.1. The number of aliphatic hydroxyl groups is 1. The van der Waals surface area contributed by atoms with E-state index in [1.807, 2.05) is 0 Å². The van der Waals surface area contributed by atoms with E-state index in [0.29, 0.717) is 0 Å². The summed E-state index contributed by atoms with van der Waals surface area (Å²) in [6, 6.07) is -5.23. The monoisotopic (exact) mass is 404 g/mol. The molecule has 0 aliphatic heterocycles. The van der Waals surface area contributed by atoms with Crippen molar-refractivity contribution < 1.29 is 39.3 Å². The van der Waals surface area contributed by atoms with Gasteiger partial charge in [-0.15, -0.1) is 0 Å². The molecule has 160 valence electrons. The number of carbonyl (C=O) groups excluding carboxylic acids is 3. The molecule has 0 aromatic heterocycles. The van der Waals surface area contributed by atoms with Crippen LogP contribution in [0, 0.1) is 5.92 Å². The van der Waals surface area contributed by atoms with Crippen molar-refractivity contribution in [3.63, 3.8) is 0 Å². The highest BCUT2D eigenvalue weighted by Crippen LogP contribution is 2.07. The Labute approximate surface area is 161 Å². The molecule has 0 saturated carbocycles. The van der Waals surface area contributed by atoms with Crippen LogP contribution in [0.1, 0.15) is 33.6 Å². The summed E-state index contributed by atoms with van der Waals surface area (Å²) >= 11 is 0. The zero-order valence-corrected chi connectivity index (χ0v) is 16.0. The van der Waals surface area contributed by atoms with E-state index in [0.717, 1.165) is 0 Å². The zero-order valence-electron chi connectivity index (χ0n) is 16.0. The Kier molecular flexibility index (Phi) is 10.7.